The molecule has 1 unspecified atom stereocenters. The molecule has 2 fully saturated rings. The first-order chi connectivity index (χ1) is 12.1. The summed E-state index contributed by atoms with van der Waals surface area (Å²) in [4.78, 5) is 26.1. The number of likely N-dealkylation sites (tertiary alicyclic amines) is 1. The molecule has 7 heteroatoms. The fourth-order valence-corrected chi connectivity index (χ4v) is 3.24. The molecule has 2 aliphatic rings. The first-order valence-electron chi connectivity index (χ1n) is 8.70. The van der Waals surface area contributed by atoms with E-state index < -0.39 is 0 Å². The van der Waals surface area contributed by atoms with Crippen molar-refractivity contribution in [1.29, 1.82) is 0 Å². The summed E-state index contributed by atoms with van der Waals surface area (Å²) in [5.41, 5.74) is 0. The zero-order valence-corrected chi connectivity index (χ0v) is 14.8. The molecule has 0 bridgehead atoms. The van der Waals surface area contributed by atoms with Gasteiger partial charge in [-0.15, -0.1) is 0 Å². The Kier molecular flexibility index (Phi) is 6.15. The van der Waals surface area contributed by atoms with E-state index in [1.54, 1.807) is 29.2 Å². The van der Waals surface area contributed by atoms with Gasteiger partial charge >= 0.3 is 0 Å². The molecule has 1 N–H and O–H groups in total. The number of hydrogen-bond donors (Lipinski definition) is 1. The van der Waals surface area contributed by atoms with Gasteiger partial charge in [0.15, 0.2) is 6.61 Å². The number of benzene rings is 1. The summed E-state index contributed by atoms with van der Waals surface area (Å²) in [7, 11) is 0. The number of halogens is 1. The number of carbonyl (C=O) groups excluding carboxylic acids is 2. The summed E-state index contributed by atoms with van der Waals surface area (Å²) in [6, 6.07) is 7.04. The van der Waals surface area contributed by atoms with Crippen LogP contribution in [0.4, 0.5) is 0 Å². The monoisotopic (exact) mass is 366 g/mol. The zero-order valence-electron chi connectivity index (χ0n) is 14.1. The summed E-state index contributed by atoms with van der Waals surface area (Å²) in [5, 5.41) is 3.67. The molecule has 1 aromatic carbocycles. The van der Waals surface area contributed by atoms with E-state index in [0.29, 0.717) is 30.5 Å². The van der Waals surface area contributed by atoms with E-state index in [9.17, 15) is 9.59 Å². The number of nitrogens with zero attached hydrogens (tertiary/aromatic N) is 1. The second-order valence-electron chi connectivity index (χ2n) is 6.41. The largest absolute Gasteiger partial charge is 0.484 e. The van der Waals surface area contributed by atoms with Crippen molar-refractivity contribution in [3.05, 3.63) is 29.3 Å². The molecule has 0 aliphatic carbocycles. The lowest BCUT2D eigenvalue weighted by Gasteiger charge is -2.32. The number of ether oxygens (including phenoxy) is 2. The van der Waals surface area contributed by atoms with Gasteiger partial charge in [-0.3, -0.25) is 9.59 Å². The average molecular weight is 367 g/mol. The molecule has 2 aliphatic heterocycles. The van der Waals surface area contributed by atoms with Gasteiger partial charge in [0, 0.05) is 30.8 Å². The fourth-order valence-electron chi connectivity index (χ4n) is 3.12. The minimum Gasteiger partial charge on any atom is -0.484 e. The Morgan fingerprint density at radius 2 is 1.92 bits per heavy atom. The molecule has 2 saturated heterocycles. The third kappa shape index (κ3) is 5.09. The maximum absolute atomic E-state index is 12.2. The number of nitrogens with one attached hydrogen (secondary N) is 1. The molecule has 0 radical (unpaired) electrons. The summed E-state index contributed by atoms with van der Waals surface area (Å²) in [5.74, 6) is 0.559. The van der Waals surface area contributed by atoms with Crippen LogP contribution in [0.25, 0.3) is 0 Å². The fraction of sp³-hybridized carbons (Fsp3) is 0.556. The molecule has 136 valence electrons. The molecule has 0 saturated carbocycles. The van der Waals surface area contributed by atoms with Crippen LogP contribution in [0, 0.1) is 0 Å². The molecule has 0 aromatic heterocycles. The Morgan fingerprint density at radius 1 is 1.20 bits per heavy atom. The van der Waals surface area contributed by atoms with E-state index in [4.69, 9.17) is 21.1 Å². The Labute approximate surface area is 152 Å². The van der Waals surface area contributed by atoms with Crippen LogP contribution >= 0.6 is 11.6 Å². The number of carbonyl (C=O) groups is 2. The second-order valence-corrected chi connectivity index (χ2v) is 6.84. The van der Waals surface area contributed by atoms with Gasteiger partial charge < -0.3 is 19.7 Å². The van der Waals surface area contributed by atoms with Crippen molar-refractivity contribution in [2.24, 2.45) is 0 Å². The summed E-state index contributed by atoms with van der Waals surface area (Å²) in [6.07, 6.45) is 2.95. The van der Waals surface area contributed by atoms with Gasteiger partial charge in [0.2, 0.25) is 5.91 Å². The first kappa shape index (κ1) is 18.0. The highest BCUT2D eigenvalue weighted by atomic mass is 35.5. The van der Waals surface area contributed by atoms with Crippen molar-refractivity contribution in [3.8, 4) is 5.75 Å². The van der Waals surface area contributed by atoms with Crippen LogP contribution in [0.3, 0.4) is 0 Å². The molecular formula is C18H23ClN2O4. The summed E-state index contributed by atoms with van der Waals surface area (Å²) in [6.45, 7) is 1.92. The van der Waals surface area contributed by atoms with E-state index in [1.165, 1.54) is 0 Å². The molecular weight excluding hydrogens is 344 g/mol. The molecule has 3 rings (SSSR count). The van der Waals surface area contributed by atoms with Crippen LogP contribution in [0.5, 0.6) is 5.75 Å². The van der Waals surface area contributed by atoms with Gasteiger partial charge in [0.25, 0.3) is 5.91 Å². The van der Waals surface area contributed by atoms with Crippen molar-refractivity contribution in [3.63, 3.8) is 0 Å². The molecule has 0 spiro atoms. The number of rotatable bonds is 5. The van der Waals surface area contributed by atoms with Crippen LogP contribution in [0.2, 0.25) is 5.02 Å². The molecule has 6 nitrogen and oxygen atoms in total. The third-order valence-electron chi connectivity index (χ3n) is 4.59. The summed E-state index contributed by atoms with van der Waals surface area (Å²) < 4.78 is 10.9. The maximum Gasteiger partial charge on any atom is 0.260 e. The number of piperidine rings is 1. The lowest BCUT2D eigenvalue weighted by Crippen LogP contribution is -2.49. The predicted octanol–water partition coefficient (Wildman–Crippen LogP) is 2.00. The number of hydrogen-bond acceptors (Lipinski definition) is 4. The topological polar surface area (TPSA) is 67.9 Å². The van der Waals surface area contributed by atoms with Crippen molar-refractivity contribution >= 4 is 23.4 Å². The van der Waals surface area contributed by atoms with Crippen molar-refractivity contribution in [2.45, 2.75) is 37.8 Å². The van der Waals surface area contributed by atoms with Crippen LogP contribution in [0.15, 0.2) is 24.3 Å². The lowest BCUT2D eigenvalue weighted by atomic mass is 10.0. The minimum absolute atomic E-state index is 0.00850. The van der Waals surface area contributed by atoms with E-state index in [1.807, 2.05) is 0 Å². The first-order valence-corrected chi connectivity index (χ1v) is 9.08. The Balaban J connectivity index is 1.38. The Hall–Kier alpha value is -1.79. The molecule has 25 heavy (non-hydrogen) atoms. The van der Waals surface area contributed by atoms with Crippen molar-refractivity contribution < 1.29 is 19.1 Å². The highest BCUT2D eigenvalue weighted by Gasteiger charge is 2.28. The molecule has 2 heterocycles. The molecule has 1 atom stereocenters. The van der Waals surface area contributed by atoms with E-state index in [2.05, 4.69) is 5.32 Å². The van der Waals surface area contributed by atoms with Crippen LogP contribution in [-0.2, 0) is 14.3 Å². The Morgan fingerprint density at radius 3 is 2.56 bits per heavy atom. The van der Waals surface area contributed by atoms with Gasteiger partial charge in [0.05, 0.1) is 0 Å². The normalized spacial score (nSPS) is 21.2. The van der Waals surface area contributed by atoms with Gasteiger partial charge in [-0.25, -0.2) is 0 Å². The minimum atomic E-state index is -0.299. The number of amides is 2. The lowest BCUT2D eigenvalue weighted by molar-refractivity contribution is -0.135. The van der Waals surface area contributed by atoms with E-state index in [-0.39, 0.29) is 30.6 Å². The van der Waals surface area contributed by atoms with E-state index in [0.717, 1.165) is 25.7 Å². The van der Waals surface area contributed by atoms with E-state index >= 15 is 0 Å². The smallest absolute Gasteiger partial charge is 0.260 e. The molecule has 2 amide bonds. The SMILES string of the molecule is O=C(NC1CCN(C(=O)COc2ccc(Cl)cc2)CC1)C1CCCO1. The van der Waals surface area contributed by atoms with Gasteiger partial charge in [-0.2, -0.15) is 0 Å². The zero-order chi connectivity index (χ0) is 17.6. The summed E-state index contributed by atoms with van der Waals surface area (Å²) >= 11 is 5.82. The van der Waals surface area contributed by atoms with Gasteiger partial charge in [-0.1, -0.05) is 11.6 Å². The van der Waals surface area contributed by atoms with Crippen molar-refractivity contribution in [2.75, 3.05) is 26.3 Å². The highest BCUT2D eigenvalue weighted by Crippen LogP contribution is 2.17. The molecule has 1 aromatic rings. The van der Waals surface area contributed by atoms with Crippen LogP contribution in [0.1, 0.15) is 25.7 Å². The standard InChI is InChI=1S/C18H23ClN2O4/c19-13-3-5-15(6-4-13)25-12-17(22)21-9-7-14(8-10-21)20-18(23)16-2-1-11-24-16/h3-6,14,16H,1-2,7-12H2,(H,20,23). The predicted molar refractivity (Wildman–Crippen MR) is 93.7 cm³/mol. The van der Waals surface area contributed by atoms with Crippen LogP contribution < -0.4 is 10.1 Å². The van der Waals surface area contributed by atoms with Gasteiger partial charge in [0.1, 0.15) is 11.9 Å². The van der Waals surface area contributed by atoms with Gasteiger partial charge in [-0.05, 0) is 49.9 Å². The average Bonchev–Trinajstić information content (AvgIpc) is 3.16. The Bertz CT molecular complexity index is 594. The highest BCUT2D eigenvalue weighted by molar-refractivity contribution is 6.30. The van der Waals surface area contributed by atoms with Crippen LogP contribution in [-0.4, -0.2) is 55.2 Å². The second kappa shape index (κ2) is 8.54. The quantitative estimate of drug-likeness (QED) is 0.865. The van der Waals surface area contributed by atoms with Crippen molar-refractivity contribution in [1.82, 2.24) is 10.2 Å². The maximum atomic E-state index is 12.2. The third-order valence-corrected chi connectivity index (χ3v) is 4.84.